The Morgan fingerprint density at radius 3 is 2.28 bits per heavy atom. The zero-order valence-corrected chi connectivity index (χ0v) is 17.6. The Kier molecular flexibility index (Phi) is 6.35. The van der Waals surface area contributed by atoms with Crippen LogP contribution in [0, 0.1) is 5.92 Å². The lowest BCUT2D eigenvalue weighted by Gasteiger charge is -2.49. The van der Waals surface area contributed by atoms with Gasteiger partial charge in [0.15, 0.2) is 0 Å². The third-order valence-corrected chi connectivity index (χ3v) is 6.71. The molecule has 0 atom stereocenters. The first kappa shape index (κ1) is 19.1. The summed E-state index contributed by atoms with van der Waals surface area (Å²) in [5, 5.41) is 0. The van der Waals surface area contributed by atoms with E-state index in [4.69, 9.17) is 4.99 Å². The van der Waals surface area contributed by atoms with E-state index >= 15 is 0 Å². The van der Waals surface area contributed by atoms with Crippen LogP contribution in [0.2, 0.25) is 0 Å². The molecule has 1 aromatic rings. The summed E-state index contributed by atoms with van der Waals surface area (Å²) in [5.74, 6) is 0.604. The number of hydrogen-bond donors (Lipinski definition) is 0. The van der Waals surface area contributed by atoms with Crippen LogP contribution in [0.1, 0.15) is 45.1 Å². The fourth-order valence-electron chi connectivity index (χ4n) is 4.36. The Hall–Kier alpha value is -0.710. The first-order chi connectivity index (χ1) is 12.0. The number of benzene rings is 1. The maximum Gasteiger partial charge on any atom is 0.0452 e. The van der Waals surface area contributed by atoms with Crippen molar-refractivity contribution in [1.29, 1.82) is 0 Å². The van der Waals surface area contributed by atoms with E-state index < -0.39 is 0 Å². The maximum atomic E-state index is 4.89. The van der Waals surface area contributed by atoms with Gasteiger partial charge in [-0.15, -0.1) is 0 Å². The molecule has 3 rings (SSSR count). The third kappa shape index (κ3) is 4.53. The van der Waals surface area contributed by atoms with E-state index in [-0.39, 0.29) is 0 Å². The smallest absolute Gasteiger partial charge is 0.0452 e. The first-order valence-electron chi connectivity index (χ1n) is 9.76. The van der Waals surface area contributed by atoms with Gasteiger partial charge in [-0.2, -0.15) is 0 Å². The SMILES string of the molecule is CCN=C(c1ccc(Br)cc1)C1CCN(C2(C)CCN(C)CC2)CC1. The average Bonchev–Trinajstić information content (AvgIpc) is 2.63. The third-order valence-electron chi connectivity index (χ3n) is 6.18. The minimum atomic E-state index is 0.400. The van der Waals surface area contributed by atoms with Crippen molar-refractivity contribution in [3.63, 3.8) is 0 Å². The number of piperidine rings is 2. The van der Waals surface area contributed by atoms with Crippen LogP contribution in [0.15, 0.2) is 33.7 Å². The van der Waals surface area contributed by atoms with Crippen LogP contribution >= 0.6 is 15.9 Å². The van der Waals surface area contributed by atoms with Crippen LogP contribution in [0.4, 0.5) is 0 Å². The molecule has 25 heavy (non-hydrogen) atoms. The lowest BCUT2D eigenvalue weighted by molar-refractivity contribution is 0.0226. The molecule has 4 heteroatoms. The fourth-order valence-corrected chi connectivity index (χ4v) is 4.62. The minimum absolute atomic E-state index is 0.400. The summed E-state index contributed by atoms with van der Waals surface area (Å²) >= 11 is 3.54. The summed E-state index contributed by atoms with van der Waals surface area (Å²) in [4.78, 5) is 10.1. The van der Waals surface area contributed by atoms with Gasteiger partial charge in [0.1, 0.15) is 0 Å². The van der Waals surface area contributed by atoms with Crippen molar-refractivity contribution in [1.82, 2.24) is 9.80 Å². The fraction of sp³-hybridized carbons (Fsp3) is 0.667. The largest absolute Gasteiger partial charge is 0.306 e. The molecule has 2 fully saturated rings. The van der Waals surface area contributed by atoms with Crippen molar-refractivity contribution in [3.8, 4) is 0 Å². The van der Waals surface area contributed by atoms with Gasteiger partial charge in [-0.25, -0.2) is 0 Å². The molecule has 0 bridgehead atoms. The van der Waals surface area contributed by atoms with Gasteiger partial charge in [0.05, 0.1) is 0 Å². The molecule has 0 aromatic heterocycles. The molecule has 3 nitrogen and oxygen atoms in total. The van der Waals surface area contributed by atoms with Gasteiger partial charge < -0.3 is 4.90 Å². The summed E-state index contributed by atoms with van der Waals surface area (Å²) in [6.07, 6.45) is 5.08. The molecule has 2 aliphatic heterocycles. The molecule has 0 saturated carbocycles. The Bertz CT molecular complexity index is 580. The van der Waals surface area contributed by atoms with Crippen molar-refractivity contribution in [2.24, 2.45) is 10.9 Å². The normalized spacial score (nSPS) is 23.8. The molecule has 2 saturated heterocycles. The van der Waals surface area contributed by atoms with Crippen LogP contribution in [0.3, 0.4) is 0 Å². The van der Waals surface area contributed by atoms with Crippen molar-refractivity contribution < 1.29 is 0 Å². The molecule has 0 amide bonds. The molecular weight excluding hydrogens is 374 g/mol. The molecule has 0 unspecified atom stereocenters. The van der Waals surface area contributed by atoms with Gasteiger partial charge in [0.2, 0.25) is 0 Å². The van der Waals surface area contributed by atoms with Crippen molar-refractivity contribution in [2.75, 3.05) is 39.8 Å². The van der Waals surface area contributed by atoms with Crippen molar-refractivity contribution >= 4 is 21.6 Å². The van der Waals surface area contributed by atoms with E-state index in [0.717, 1.165) is 11.0 Å². The number of hydrogen-bond acceptors (Lipinski definition) is 3. The van der Waals surface area contributed by atoms with Crippen LogP contribution in [0.5, 0.6) is 0 Å². The maximum absolute atomic E-state index is 4.89. The quantitative estimate of drug-likeness (QED) is 0.688. The van der Waals surface area contributed by atoms with Gasteiger partial charge in [-0.3, -0.25) is 9.89 Å². The highest BCUT2D eigenvalue weighted by Gasteiger charge is 2.37. The molecular formula is C21H32BrN3. The molecule has 1 aromatic carbocycles. The zero-order chi connectivity index (χ0) is 17.9. The number of halogens is 1. The van der Waals surface area contributed by atoms with E-state index in [2.05, 4.69) is 70.9 Å². The molecule has 0 aliphatic carbocycles. The molecule has 138 valence electrons. The van der Waals surface area contributed by atoms with E-state index in [1.165, 1.54) is 63.1 Å². The van der Waals surface area contributed by atoms with E-state index in [1.807, 2.05) is 0 Å². The van der Waals surface area contributed by atoms with Gasteiger partial charge >= 0.3 is 0 Å². The standard InChI is InChI=1S/C21H32BrN3/c1-4-23-20(17-5-7-19(22)8-6-17)18-9-13-25(14-10-18)21(2)11-15-24(3)16-12-21/h5-8,18H,4,9-16H2,1-3H3. The highest BCUT2D eigenvalue weighted by molar-refractivity contribution is 9.10. The predicted molar refractivity (Wildman–Crippen MR) is 111 cm³/mol. The Morgan fingerprint density at radius 1 is 1.12 bits per heavy atom. The Balaban J connectivity index is 1.65. The summed E-state index contributed by atoms with van der Waals surface area (Å²) in [7, 11) is 2.25. The predicted octanol–water partition coefficient (Wildman–Crippen LogP) is 4.45. The summed E-state index contributed by atoms with van der Waals surface area (Å²) in [6.45, 7) is 10.4. The van der Waals surface area contributed by atoms with Gasteiger partial charge in [-0.1, -0.05) is 28.1 Å². The van der Waals surface area contributed by atoms with Crippen LogP contribution in [-0.4, -0.2) is 60.8 Å². The van der Waals surface area contributed by atoms with Crippen molar-refractivity contribution in [3.05, 3.63) is 34.3 Å². The Labute approximate surface area is 161 Å². The minimum Gasteiger partial charge on any atom is -0.306 e. The van der Waals surface area contributed by atoms with Gasteiger partial charge in [-0.05, 0) is 90.5 Å². The topological polar surface area (TPSA) is 18.8 Å². The monoisotopic (exact) mass is 405 g/mol. The molecule has 0 N–H and O–H groups in total. The van der Waals surface area contributed by atoms with Crippen LogP contribution < -0.4 is 0 Å². The second-order valence-electron chi connectivity index (χ2n) is 7.93. The summed E-state index contributed by atoms with van der Waals surface area (Å²) in [5.41, 5.74) is 3.02. The number of nitrogens with zero attached hydrogens (tertiary/aromatic N) is 3. The van der Waals surface area contributed by atoms with Crippen molar-refractivity contribution in [2.45, 2.75) is 45.1 Å². The van der Waals surface area contributed by atoms with Gasteiger partial charge in [0, 0.05) is 28.2 Å². The number of likely N-dealkylation sites (tertiary alicyclic amines) is 2. The lowest BCUT2D eigenvalue weighted by atomic mass is 9.82. The summed E-state index contributed by atoms with van der Waals surface area (Å²) < 4.78 is 1.14. The number of aliphatic imine (C=N–C) groups is 1. The highest BCUT2D eigenvalue weighted by atomic mass is 79.9. The van der Waals surface area contributed by atoms with Crippen LogP contribution in [-0.2, 0) is 0 Å². The van der Waals surface area contributed by atoms with E-state index in [0.29, 0.717) is 11.5 Å². The first-order valence-corrected chi connectivity index (χ1v) is 10.5. The average molecular weight is 406 g/mol. The second kappa shape index (κ2) is 8.32. The number of rotatable bonds is 4. The van der Waals surface area contributed by atoms with Gasteiger partial charge in [0.25, 0.3) is 0 Å². The molecule has 2 aliphatic rings. The molecule has 2 heterocycles. The van der Waals surface area contributed by atoms with Crippen LogP contribution in [0.25, 0.3) is 0 Å². The highest BCUT2D eigenvalue weighted by Crippen LogP contribution is 2.33. The lowest BCUT2D eigenvalue weighted by Crippen LogP contribution is -2.55. The Morgan fingerprint density at radius 2 is 1.72 bits per heavy atom. The second-order valence-corrected chi connectivity index (χ2v) is 8.84. The van der Waals surface area contributed by atoms with E-state index in [9.17, 15) is 0 Å². The van der Waals surface area contributed by atoms with E-state index in [1.54, 1.807) is 0 Å². The zero-order valence-electron chi connectivity index (χ0n) is 16.0. The summed E-state index contributed by atoms with van der Waals surface area (Å²) in [6, 6.07) is 8.69. The molecule has 0 spiro atoms. The molecule has 0 radical (unpaired) electrons.